The van der Waals surface area contributed by atoms with Gasteiger partial charge in [0.2, 0.25) is 0 Å². The summed E-state index contributed by atoms with van der Waals surface area (Å²) in [6.45, 7) is 6.00. The van der Waals surface area contributed by atoms with Crippen LogP contribution in [0, 0.1) is 5.92 Å². The third-order valence-electron chi connectivity index (χ3n) is 2.58. The van der Waals surface area contributed by atoms with Gasteiger partial charge in [0, 0.05) is 18.8 Å². The summed E-state index contributed by atoms with van der Waals surface area (Å²) < 4.78 is 0. The molecule has 0 N–H and O–H groups in total. The van der Waals surface area contributed by atoms with Gasteiger partial charge in [0.15, 0.2) is 0 Å². The maximum atomic E-state index is 4.13. The summed E-state index contributed by atoms with van der Waals surface area (Å²) >= 11 is 4.13. The Hall–Kier alpha value is 0.0500. The Kier molecular flexibility index (Phi) is 4.77. The van der Waals surface area contributed by atoms with Crippen LogP contribution in [0.4, 0.5) is 0 Å². The summed E-state index contributed by atoms with van der Waals surface area (Å²) in [5.41, 5.74) is 0. The Morgan fingerprint density at radius 2 is 2.33 bits per heavy atom. The molecule has 2 heteroatoms. The molecule has 0 aromatic rings. The first kappa shape index (κ1) is 10.1. The molecule has 0 aromatic heterocycles. The number of thiol groups is 1. The van der Waals surface area contributed by atoms with Gasteiger partial charge in [-0.2, -0.15) is 12.6 Å². The van der Waals surface area contributed by atoms with Gasteiger partial charge < -0.3 is 0 Å². The second-order valence-corrected chi connectivity index (χ2v) is 3.84. The maximum absolute atomic E-state index is 4.13. The number of nitrogens with zero attached hydrogens (tertiary/aromatic N) is 1. The van der Waals surface area contributed by atoms with Crippen molar-refractivity contribution in [3.63, 3.8) is 0 Å². The number of hydrogen-bond acceptors (Lipinski definition) is 2. The van der Waals surface area contributed by atoms with E-state index in [0.29, 0.717) is 0 Å². The highest BCUT2D eigenvalue weighted by molar-refractivity contribution is 7.80. The van der Waals surface area contributed by atoms with Gasteiger partial charge in [0.05, 0.1) is 0 Å². The van der Waals surface area contributed by atoms with Crippen LogP contribution in [-0.4, -0.2) is 30.3 Å². The predicted molar refractivity (Wildman–Crippen MR) is 57.8 cm³/mol. The van der Waals surface area contributed by atoms with Crippen molar-refractivity contribution in [2.75, 3.05) is 25.4 Å². The van der Waals surface area contributed by atoms with Gasteiger partial charge in [0.25, 0.3) is 0 Å². The summed E-state index contributed by atoms with van der Waals surface area (Å²) in [7, 11) is 0. The van der Waals surface area contributed by atoms with E-state index in [9.17, 15) is 0 Å². The average molecular weight is 185 g/mol. The first-order chi connectivity index (χ1) is 5.86. The number of hydrogen-bond donors (Lipinski definition) is 1. The average Bonchev–Trinajstić information content (AvgIpc) is 2.53. The molecule has 0 saturated carbocycles. The van der Waals surface area contributed by atoms with Gasteiger partial charge in [-0.1, -0.05) is 25.5 Å². The SMILES string of the molecule is CCC1CCN(C/C=C/CS)C1. The van der Waals surface area contributed by atoms with Crippen LogP contribution >= 0.6 is 12.6 Å². The van der Waals surface area contributed by atoms with Gasteiger partial charge in [-0.25, -0.2) is 0 Å². The highest BCUT2D eigenvalue weighted by Crippen LogP contribution is 2.18. The van der Waals surface area contributed by atoms with Crippen LogP contribution in [0.15, 0.2) is 12.2 Å². The second-order valence-electron chi connectivity index (χ2n) is 3.48. The molecule has 12 heavy (non-hydrogen) atoms. The molecule has 1 aliphatic heterocycles. The smallest absolute Gasteiger partial charge is 0.0163 e. The van der Waals surface area contributed by atoms with Crippen LogP contribution in [0.1, 0.15) is 19.8 Å². The van der Waals surface area contributed by atoms with Crippen LogP contribution < -0.4 is 0 Å². The van der Waals surface area contributed by atoms with Crippen molar-refractivity contribution in [3.8, 4) is 0 Å². The lowest BCUT2D eigenvalue weighted by Gasteiger charge is -2.12. The minimum atomic E-state index is 0.866. The normalized spacial score (nSPS) is 25.7. The Balaban J connectivity index is 2.14. The molecular weight excluding hydrogens is 166 g/mol. The minimum absolute atomic E-state index is 0.866. The fraction of sp³-hybridized carbons (Fsp3) is 0.800. The van der Waals surface area contributed by atoms with Gasteiger partial charge >= 0.3 is 0 Å². The number of likely N-dealkylation sites (tertiary alicyclic amines) is 1. The van der Waals surface area contributed by atoms with Crippen molar-refractivity contribution >= 4 is 12.6 Å². The zero-order valence-electron chi connectivity index (χ0n) is 7.87. The van der Waals surface area contributed by atoms with Crippen molar-refractivity contribution in [1.82, 2.24) is 4.90 Å². The molecule has 1 rings (SSSR count). The molecule has 0 amide bonds. The van der Waals surface area contributed by atoms with E-state index in [1.54, 1.807) is 0 Å². The van der Waals surface area contributed by atoms with Crippen molar-refractivity contribution in [1.29, 1.82) is 0 Å². The third-order valence-corrected chi connectivity index (χ3v) is 2.79. The molecule has 1 nitrogen and oxygen atoms in total. The Bertz CT molecular complexity index is 145. The zero-order valence-corrected chi connectivity index (χ0v) is 8.76. The minimum Gasteiger partial charge on any atom is -0.299 e. The molecule has 1 heterocycles. The highest BCUT2D eigenvalue weighted by Gasteiger charge is 2.18. The Morgan fingerprint density at radius 3 is 2.92 bits per heavy atom. The molecule has 70 valence electrons. The summed E-state index contributed by atoms with van der Waals surface area (Å²) in [5.74, 6) is 1.82. The Morgan fingerprint density at radius 1 is 1.50 bits per heavy atom. The lowest BCUT2D eigenvalue weighted by Crippen LogP contribution is -2.20. The lowest BCUT2D eigenvalue weighted by atomic mass is 10.1. The summed E-state index contributed by atoms with van der Waals surface area (Å²) in [5, 5.41) is 0. The predicted octanol–water partition coefficient (Wildman–Crippen LogP) is 2.20. The quantitative estimate of drug-likeness (QED) is 0.519. The summed E-state index contributed by atoms with van der Waals surface area (Å²) in [4.78, 5) is 2.52. The highest BCUT2D eigenvalue weighted by atomic mass is 32.1. The first-order valence-corrected chi connectivity index (χ1v) is 5.48. The number of rotatable bonds is 4. The largest absolute Gasteiger partial charge is 0.299 e. The van der Waals surface area contributed by atoms with E-state index in [0.717, 1.165) is 18.2 Å². The molecule has 0 bridgehead atoms. The first-order valence-electron chi connectivity index (χ1n) is 4.85. The van der Waals surface area contributed by atoms with Crippen molar-refractivity contribution in [2.45, 2.75) is 19.8 Å². The molecule has 1 fully saturated rings. The lowest BCUT2D eigenvalue weighted by molar-refractivity contribution is 0.356. The van der Waals surface area contributed by atoms with Gasteiger partial charge in [-0.3, -0.25) is 4.90 Å². The van der Waals surface area contributed by atoms with E-state index < -0.39 is 0 Å². The zero-order chi connectivity index (χ0) is 8.81. The maximum Gasteiger partial charge on any atom is 0.0163 e. The monoisotopic (exact) mass is 185 g/mol. The van der Waals surface area contributed by atoms with Crippen molar-refractivity contribution in [3.05, 3.63) is 12.2 Å². The van der Waals surface area contributed by atoms with Gasteiger partial charge in [-0.15, -0.1) is 0 Å². The van der Waals surface area contributed by atoms with E-state index in [1.165, 1.54) is 25.9 Å². The molecule has 0 aliphatic carbocycles. The molecule has 0 spiro atoms. The Labute approximate surface area is 81.2 Å². The molecule has 1 atom stereocenters. The van der Waals surface area contributed by atoms with Crippen LogP contribution in [0.5, 0.6) is 0 Å². The fourth-order valence-electron chi connectivity index (χ4n) is 1.71. The third kappa shape index (κ3) is 3.20. The van der Waals surface area contributed by atoms with Crippen molar-refractivity contribution in [2.24, 2.45) is 5.92 Å². The van der Waals surface area contributed by atoms with E-state index in [1.807, 2.05) is 0 Å². The molecule has 1 unspecified atom stereocenters. The van der Waals surface area contributed by atoms with Gasteiger partial charge in [0.1, 0.15) is 0 Å². The fourth-order valence-corrected chi connectivity index (χ4v) is 1.86. The van der Waals surface area contributed by atoms with E-state index in [2.05, 4.69) is 36.6 Å². The topological polar surface area (TPSA) is 3.24 Å². The second kappa shape index (κ2) is 5.65. The van der Waals surface area contributed by atoms with Crippen LogP contribution in [0.3, 0.4) is 0 Å². The van der Waals surface area contributed by atoms with Crippen molar-refractivity contribution < 1.29 is 0 Å². The van der Waals surface area contributed by atoms with E-state index >= 15 is 0 Å². The van der Waals surface area contributed by atoms with Gasteiger partial charge in [-0.05, 0) is 18.9 Å². The standard InChI is InChI=1S/C10H19NS/c1-2-10-5-7-11(9-10)6-3-4-8-12/h3-4,10,12H,2,5-9H2,1H3/b4-3+. The van der Waals surface area contributed by atoms with Crippen LogP contribution in [-0.2, 0) is 0 Å². The van der Waals surface area contributed by atoms with Crippen LogP contribution in [0.25, 0.3) is 0 Å². The van der Waals surface area contributed by atoms with Crippen LogP contribution in [0.2, 0.25) is 0 Å². The molecule has 1 saturated heterocycles. The van der Waals surface area contributed by atoms with E-state index in [-0.39, 0.29) is 0 Å². The molecule has 0 aromatic carbocycles. The van der Waals surface area contributed by atoms with E-state index in [4.69, 9.17) is 0 Å². The molecular formula is C10H19NS. The molecule has 0 radical (unpaired) electrons. The molecule has 1 aliphatic rings. The summed E-state index contributed by atoms with van der Waals surface area (Å²) in [6.07, 6.45) is 7.09. The summed E-state index contributed by atoms with van der Waals surface area (Å²) in [6, 6.07) is 0.